The van der Waals surface area contributed by atoms with Gasteiger partial charge in [-0.25, -0.2) is 0 Å². The van der Waals surface area contributed by atoms with Crippen LogP contribution in [0.25, 0.3) is 0 Å². The summed E-state index contributed by atoms with van der Waals surface area (Å²) in [6, 6.07) is 8.06. The minimum absolute atomic E-state index is 0.375. The molecule has 1 aromatic carbocycles. The number of hydrogen-bond acceptors (Lipinski definition) is 2. The van der Waals surface area contributed by atoms with Gasteiger partial charge in [0.25, 0.3) is 0 Å². The molecule has 0 fully saturated rings. The van der Waals surface area contributed by atoms with E-state index in [0.29, 0.717) is 6.54 Å². The topological polar surface area (TPSA) is 57.6 Å². The van der Waals surface area contributed by atoms with Gasteiger partial charge in [-0.2, -0.15) is 0 Å². The number of amides is 1. The maximum absolute atomic E-state index is 11.5. The maximum atomic E-state index is 11.5. The first-order valence-electron chi connectivity index (χ1n) is 6.06. The van der Waals surface area contributed by atoms with E-state index in [1.165, 1.54) is 10.5 Å². The Morgan fingerprint density at radius 2 is 1.72 bits per heavy atom. The van der Waals surface area contributed by atoms with E-state index in [0.717, 1.165) is 18.4 Å². The Balaban J connectivity index is 2.56. The van der Waals surface area contributed by atoms with Crippen LogP contribution in [0, 0.1) is 0 Å². The number of carboxylic acids is 1. The summed E-state index contributed by atoms with van der Waals surface area (Å²) < 4.78 is 0. The number of carboxylic acid groups (broad SMARTS) is 1. The number of carbonyl (C=O) groups is 2. The lowest BCUT2D eigenvalue weighted by Gasteiger charge is -2.16. The summed E-state index contributed by atoms with van der Waals surface area (Å²) in [5.74, 6) is -1.47. The van der Waals surface area contributed by atoms with Crippen LogP contribution in [0.15, 0.2) is 24.3 Å². The summed E-state index contributed by atoms with van der Waals surface area (Å²) in [4.78, 5) is 23.3. The zero-order chi connectivity index (χ0) is 13.5. The molecule has 0 unspecified atom stereocenters. The molecule has 98 valence electrons. The first-order valence-corrected chi connectivity index (χ1v) is 6.06. The van der Waals surface area contributed by atoms with E-state index in [1.54, 1.807) is 7.05 Å². The largest absolute Gasteiger partial charge is 0.481 e. The molecule has 4 nitrogen and oxygen atoms in total. The molecule has 1 rings (SSSR count). The number of nitrogens with zero attached hydrogens (tertiary/aromatic N) is 1. The Morgan fingerprint density at radius 1 is 1.17 bits per heavy atom. The maximum Gasteiger partial charge on any atom is 0.312 e. The molecule has 0 aromatic heterocycles. The van der Waals surface area contributed by atoms with Crippen LogP contribution in [-0.2, 0) is 22.6 Å². The Morgan fingerprint density at radius 3 is 2.22 bits per heavy atom. The van der Waals surface area contributed by atoms with Crippen LogP contribution < -0.4 is 0 Å². The van der Waals surface area contributed by atoms with Gasteiger partial charge in [0.1, 0.15) is 6.42 Å². The van der Waals surface area contributed by atoms with Gasteiger partial charge in [0.05, 0.1) is 0 Å². The van der Waals surface area contributed by atoms with Crippen LogP contribution in [0.2, 0.25) is 0 Å². The van der Waals surface area contributed by atoms with Gasteiger partial charge >= 0.3 is 5.97 Å². The third-order valence-electron chi connectivity index (χ3n) is 2.71. The second-order valence-corrected chi connectivity index (χ2v) is 4.39. The van der Waals surface area contributed by atoms with E-state index < -0.39 is 12.4 Å². The molecule has 0 atom stereocenters. The van der Waals surface area contributed by atoms with Crippen LogP contribution in [-0.4, -0.2) is 28.9 Å². The number of benzene rings is 1. The summed E-state index contributed by atoms with van der Waals surface area (Å²) in [5.41, 5.74) is 2.29. The van der Waals surface area contributed by atoms with Crippen molar-refractivity contribution in [3.05, 3.63) is 35.4 Å². The Labute approximate surface area is 107 Å². The molecule has 1 aromatic rings. The molecule has 18 heavy (non-hydrogen) atoms. The van der Waals surface area contributed by atoms with E-state index >= 15 is 0 Å². The SMILES string of the molecule is CCCc1ccc(CN(C)C(=O)CC(=O)O)cc1. The highest BCUT2D eigenvalue weighted by Gasteiger charge is 2.12. The van der Waals surface area contributed by atoms with Gasteiger partial charge in [0.15, 0.2) is 0 Å². The molecule has 0 aliphatic rings. The molecule has 0 aliphatic carbocycles. The molecule has 0 saturated carbocycles. The summed E-state index contributed by atoms with van der Waals surface area (Å²) in [5, 5.41) is 8.55. The van der Waals surface area contributed by atoms with Crippen molar-refractivity contribution >= 4 is 11.9 Å². The highest BCUT2D eigenvalue weighted by molar-refractivity contribution is 5.93. The molecule has 0 spiro atoms. The molecule has 1 amide bonds. The standard InChI is InChI=1S/C14H19NO3/c1-3-4-11-5-7-12(8-6-11)10-15(2)13(16)9-14(17)18/h5-8H,3-4,9-10H2,1-2H3,(H,17,18). The number of aliphatic carboxylic acids is 1. The Kier molecular flexibility index (Phi) is 5.36. The van der Waals surface area contributed by atoms with Crippen LogP contribution in [0.1, 0.15) is 30.9 Å². The molecule has 0 aliphatic heterocycles. The van der Waals surface area contributed by atoms with Crippen LogP contribution in [0.4, 0.5) is 0 Å². The average molecular weight is 249 g/mol. The molecular weight excluding hydrogens is 230 g/mol. The average Bonchev–Trinajstić information content (AvgIpc) is 2.31. The van der Waals surface area contributed by atoms with Crippen molar-refractivity contribution in [1.29, 1.82) is 0 Å². The highest BCUT2D eigenvalue weighted by atomic mass is 16.4. The predicted octanol–water partition coefficient (Wildman–Crippen LogP) is 2.07. The first-order chi connectivity index (χ1) is 8.52. The van der Waals surface area contributed by atoms with Gasteiger partial charge in [0.2, 0.25) is 5.91 Å². The van der Waals surface area contributed by atoms with Crippen molar-refractivity contribution in [2.45, 2.75) is 32.7 Å². The molecular formula is C14H19NO3. The second kappa shape index (κ2) is 6.79. The number of carbonyl (C=O) groups excluding carboxylic acids is 1. The van der Waals surface area contributed by atoms with Gasteiger partial charge in [-0.05, 0) is 17.5 Å². The van der Waals surface area contributed by atoms with Crippen LogP contribution >= 0.6 is 0 Å². The first kappa shape index (κ1) is 14.2. The van der Waals surface area contributed by atoms with Crippen molar-refractivity contribution in [1.82, 2.24) is 4.90 Å². The minimum Gasteiger partial charge on any atom is -0.481 e. The monoisotopic (exact) mass is 249 g/mol. The van der Waals surface area contributed by atoms with Gasteiger partial charge < -0.3 is 10.0 Å². The van der Waals surface area contributed by atoms with Crippen LogP contribution in [0.3, 0.4) is 0 Å². The van der Waals surface area contributed by atoms with Crippen molar-refractivity contribution in [3.63, 3.8) is 0 Å². The fourth-order valence-electron chi connectivity index (χ4n) is 1.73. The zero-order valence-electron chi connectivity index (χ0n) is 10.8. The lowest BCUT2D eigenvalue weighted by molar-refractivity contribution is -0.143. The Bertz CT molecular complexity index is 412. The number of aryl methyl sites for hydroxylation is 1. The van der Waals surface area contributed by atoms with Gasteiger partial charge in [-0.15, -0.1) is 0 Å². The smallest absolute Gasteiger partial charge is 0.312 e. The molecule has 0 radical (unpaired) electrons. The van der Waals surface area contributed by atoms with Crippen LogP contribution in [0.5, 0.6) is 0 Å². The molecule has 4 heteroatoms. The number of hydrogen-bond donors (Lipinski definition) is 1. The quantitative estimate of drug-likeness (QED) is 0.785. The van der Waals surface area contributed by atoms with Gasteiger partial charge in [-0.1, -0.05) is 37.6 Å². The van der Waals surface area contributed by atoms with E-state index in [-0.39, 0.29) is 5.91 Å². The number of rotatable bonds is 6. The van der Waals surface area contributed by atoms with Gasteiger partial charge in [-0.3, -0.25) is 9.59 Å². The summed E-state index contributed by atoms with van der Waals surface area (Å²) in [6.07, 6.45) is 1.70. The zero-order valence-corrected chi connectivity index (χ0v) is 10.8. The summed E-state index contributed by atoms with van der Waals surface area (Å²) >= 11 is 0. The molecule has 0 heterocycles. The summed E-state index contributed by atoms with van der Waals surface area (Å²) in [7, 11) is 1.62. The van der Waals surface area contributed by atoms with Gasteiger partial charge in [0, 0.05) is 13.6 Å². The predicted molar refractivity (Wildman–Crippen MR) is 69.2 cm³/mol. The van der Waals surface area contributed by atoms with Crippen molar-refractivity contribution in [2.75, 3.05) is 7.05 Å². The minimum atomic E-state index is -1.09. The lowest BCUT2D eigenvalue weighted by atomic mass is 10.1. The fraction of sp³-hybridized carbons (Fsp3) is 0.429. The summed E-state index contributed by atoms with van der Waals surface area (Å²) in [6.45, 7) is 2.57. The molecule has 1 N–H and O–H groups in total. The van der Waals surface area contributed by atoms with E-state index in [4.69, 9.17) is 5.11 Å². The van der Waals surface area contributed by atoms with Crippen molar-refractivity contribution in [2.24, 2.45) is 0 Å². The molecule has 0 saturated heterocycles. The highest BCUT2D eigenvalue weighted by Crippen LogP contribution is 2.09. The normalized spacial score (nSPS) is 10.1. The third-order valence-corrected chi connectivity index (χ3v) is 2.71. The second-order valence-electron chi connectivity index (χ2n) is 4.39. The molecule has 0 bridgehead atoms. The van der Waals surface area contributed by atoms with E-state index in [9.17, 15) is 9.59 Å². The lowest BCUT2D eigenvalue weighted by Crippen LogP contribution is -2.28. The van der Waals surface area contributed by atoms with Crippen molar-refractivity contribution in [3.8, 4) is 0 Å². The van der Waals surface area contributed by atoms with E-state index in [1.807, 2.05) is 24.3 Å². The third kappa shape index (κ3) is 4.57. The Hall–Kier alpha value is -1.84. The van der Waals surface area contributed by atoms with Crippen molar-refractivity contribution < 1.29 is 14.7 Å². The van der Waals surface area contributed by atoms with E-state index in [2.05, 4.69) is 6.92 Å². The fourth-order valence-corrected chi connectivity index (χ4v) is 1.73.